The molecule has 0 bridgehead atoms. The fourth-order valence-corrected chi connectivity index (χ4v) is 4.59. The predicted octanol–water partition coefficient (Wildman–Crippen LogP) is 4.69. The lowest BCUT2D eigenvalue weighted by atomic mass is 9.88. The quantitative estimate of drug-likeness (QED) is 0.567. The smallest absolute Gasteiger partial charge is 0.309 e. The Bertz CT molecular complexity index is 1020. The molecule has 1 aromatic heterocycles. The van der Waals surface area contributed by atoms with E-state index in [4.69, 9.17) is 4.74 Å². The van der Waals surface area contributed by atoms with E-state index in [-0.39, 0.29) is 23.7 Å². The Morgan fingerprint density at radius 1 is 1.06 bits per heavy atom. The van der Waals surface area contributed by atoms with Crippen molar-refractivity contribution in [3.63, 3.8) is 0 Å². The lowest BCUT2D eigenvalue weighted by Crippen LogP contribution is -2.41. The van der Waals surface area contributed by atoms with Crippen LogP contribution >= 0.6 is 0 Å². The van der Waals surface area contributed by atoms with Crippen molar-refractivity contribution in [2.45, 2.75) is 38.5 Å². The minimum Gasteiger partial charge on any atom is -0.466 e. The first-order valence-corrected chi connectivity index (χ1v) is 11.2. The van der Waals surface area contributed by atoms with Gasteiger partial charge in [-0.25, -0.2) is 0 Å². The maximum Gasteiger partial charge on any atom is 0.309 e. The Morgan fingerprint density at radius 3 is 2.52 bits per heavy atom. The van der Waals surface area contributed by atoms with Crippen LogP contribution in [0.5, 0.6) is 0 Å². The summed E-state index contributed by atoms with van der Waals surface area (Å²) in [7, 11) is 0. The van der Waals surface area contributed by atoms with E-state index in [1.54, 1.807) is 0 Å². The molecule has 5 nitrogen and oxygen atoms in total. The number of nitrogens with zero attached hydrogens (tertiary/aromatic N) is 1. The van der Waals surface area contributed by atoms with Gasteiger partial charge < -0.3 is 14.6 Å². The fraction of sp³-hybridized carbons (Fsp3) is 0.385. The van der Waals surface area contributed by atoms with Crippen molar-refractivity contribution in [1.29, 1.82) is 0 Å². The minimum atomic E-state index is -0.129. The number of benzene rings is 2. The van der Waals surface area contributed by atoms with Gasteiger partial charge in [-0.2, -0.15) is 0 Å². The molecule has 1 N–H and O–H groups in total. The van der Waals surface area contributed by atoms with Crippen LogP contribution < -0.4 is 0 Å². The van der Waals surface area contributed by atoms with Gasteiger partial charge in [0.1, 0.15) is 0 Å². The van der Waals surface area contributed by atoms with Crippen molar-refractivity contribution in [3.8, 4) is 0 Å². The van der Waals surface area contributed by atoms with Gasteiger partial charge in [0, 0.05) is 36.6 Å². The van der Waals surface area contributed by atoms with Crippen LogP contribution in [0.3, 0.4) is 0 Å². The molecule has 0 spiro atoms. The van der Waals surface area contributed by atoms with E-state index in [1.807, 2.05) is 42.2 Å². The summed E-state index contributed by atoms with van der Waals surface area (Å²) in [6, 6.07) is 18.6. The molecule has 2 aromatic carbocycles. The number of piperidine rings is 1. The van der Waals surface area contributed by atoms with E-state index in [1.165, 1.54) is 16.5 Å². The number of rotatable bonds is 7. The van der Waals surface area contributed by atoms with E-state index >= 15 is 0 Å². The first-order chi connectivity index (χ1) is 15.2. The standard InChI is InChI=1S/C26H30N2O3/c1-2-31-26(30)20-12-14-28(15-13-20)25(29)17-21(16-19-8-4-3-5-9-19)23-18-27-24-11-7-6-10-22(23)24/h3-11,18,20-21,27H,2,12-17H2,1H3. The third-order valence-electron chi connectivity index (χ3n) is 6.27. The highest BCUT2D eigenvalue weighted by Crippen LogP contribution is 2.32. The summed E-state index contributed by atoms with van der Waals surface area (Å²) in [6.07, 6.45) is 4.69. The summed E-state index contributed by atoms with van der Waals surface area (Å²) in [5, 5.41) is 1.18. The van der Waals surface area contributed by atoms with Crippen LogP contribution in [-0.4, -0.2) is 41.5 Å². The van der Waals surface area contributed by atoms with Crippen molar-refractivity contribution in [2.24, 2.45) is 5.92 Å². The van der Waals surface area contributed by atoms with E-state index in [2.05, 4.69) is 35.4 Å². The maximum atomic E-state index is 13.2. The molecule has 2 heterocycles. The van der Waals surface area contributed by atoms with Gasteiger partial charge >= 0.3 is 5.97 Å². The molecule has 1 atom stereocenters. The molecule has 0 radical (unpaired) electrons. The molecule has 0 saturated carbocycles. The van der Waals surface area contributed by atoms with Crippen LogP contribution in [-0.2, 0) is 20.7 Å². The number of H-pyrrole nitrogens is 1. The second kappa shape index (κ2) is 9.82. The van der Waals surface area contributed by atoms with E-state index < -0.39 is 0 Å². The zero-order valence-corrected chi connectivity index (χ0v) is 18.0. The SMILES string of the molecule is CCOC(=O)C1CCN(C(=O)CC(Cc2ccccc2)c2c[nH]c3ccccc23)CC1. The third-order valence-corrected chi connectivity index (χ3v) is 6.27. The largest absolute Gasteiger partial charge is 0.466 e. The number of hydrogen-bond acceptors (Lipinski definition) is 3. The number of hydrogen-bond donors (Lipinski definition) is 1. The van der Waals surface area contributed by atoms with Gasteiger partial charge in [0.05, 0.1) is 12.5 Å². The van der Waals surface area contributed by atoms with Crippen molar-refractivity contribution >= 4 is 22.8 Å². The van der Waals surface area contributed by atoms with Gasteiger partial charge in [0.2, 0.25) is 5.91 Å². The second-order valence-electron chi connectivity index (χ2n) is 8.29. The summed E-state index contributed by atoms with van der Waals surface area (Å²) in [6.45, 7) is 3.47. The highest BCUT2D eigenvalue weighted by molar-refractivity contribution is 5.85. The lowest BCUT2D eigenvalue weighted by Gasteiger charge is -2.32. The van der Waals surface area contributed by atoms with Crippen molar-refractivity contribution in [3.05, 3.63) is 71.9 Å². The summed E-state index contributed by atoms with van der Waals surface area (Å²) < 4.78 is 5.15. The van der Waals surface area contributed by atoms with Crippen molar-refractivity contribution < 1.29 is 14.3 Å². The van der Waals surface area contributed by atoms with Gasteiger partial charge in [-0.1, -0.05) is 48.5 Å². The van der Waals surface area contributed by atoms with Crippen LogP contribution in [0.25, 0.3) is 10.9 Å². The Hall–Kier alpha value is -3.08. The number of carbonyl (C=O) groups is 2. The molecule has 1 unspecified atom stereocenters. The molecular formula is C26H30N2O3. The van der Waals surface area contributed by atoms with Gasteiger partial charge in [-0.3, -0.25) is 9.59 Å². The normalized spacial score (nSPS) is 15.7. The average molecular weight is 419 g/mol. The minimum absolute atomic E-state index is 0.0854. The number of aromatic nitrogens is 1. The molecule has 1 fully saturated rings. The monoisotopic (exact) mass is 418 g/mol. The fourth-order valence-electron chi connectivity index (χ4n) is 4.59. The Kier molecular flexibility index (Phi) is 6.70. The van der Waals surface area contributed by atoms with Crippen molar-refractivity contribution in [2.75, 3.05) is 19.7 Å². The molecule has 4 rings (SSSR count). The number of nitrogens with one attached hydrogen (secondary N) is 1. The number of likely N-dealkylation sites (tertiary alicyclic amines) is 1. The molecule has 1 saturated heterocycles. The molecule has 3 aromatic rings. The maximum absolute atomic E-state index is 13.2. The number of fused-ring (bicyclic) bond motifs is 1. The number of amides is 1. The Balaban J connectivity index is 1.49. The molecule has 1 amide bonds. The highest BCUT2D eigenvalue weighted by atomic mass is 16.5. The highest BCUT2D eigenvalue weighted by Gasteiger charge is 2.30. The first kappa shape index (κ1) is 21.2. The van der Waals surface area contributed by atoms with Crippen LogP contribution in [0.4, 0.5) is 0 Å². The predicted molar refractivity (Wildman–Crippen MR) is 122 cm³/mol. The number of ether oxygens (including phenoxy) is 1. The molecule has 1 aliphatic rings. The lowest BCUT2D eigenvalue weighted by molar-refractivity contribution is -0.151. The topological polar surface area (TPSA) is 62.4 Å². The van der Waals surface area contributed by atoms with Crippen molar-refractivity contribution in [1.82, 2.24) is 9.88 Å². The second-order valence-corrected chi connectivity index (χ2v) is 8.29. The van der Waals surface area contributed by atoms with Crippen LogP contribution in [0, 0.1) is 5.92 Å². The summed E-state index contributed by atoms with van der Waals surface area (Å²) in [5.41, 5.74) is 3.51. The summed E-state index contributed by atoms with van der Waals surface area (Å²) in [5.74, 6) is 0.0374. The third kappa shape index (κ3) is 4.98. The van der Waals surface area contributed by atoms with Gasteiger partial charge in [-0.15, -0.1) is 0 Å². The Labute approximate surface area is 183 Å². The molecule has 162 valence electrons. The van der Waals surface area contributed by atoms with Gasteiger partial charge in [-0.05, 0) is 49.3 Å². The number of para-hydroxylation sites is 1. The van der Waals surface area contributed by atoms with E-state index in [0.29, 0.717) is 39.0 Å². The summed E-state index contributed by atoms with van der Waals surface area (Å²) >= 11 is 0. The molecular weight excluding hydrogens is 388 g/mol. The zero-order valence-electron chi connectivity index (χ0n) is 18.0. The number of carbonyl (C=O) groups excluding carboxylic acids is 2. The van der Waals surface area contributed by atoms with Gasteiger partial charge in [0.25, 0.3) is 0 Å². The summed E-state index contributed by atoms with van der Waals surface area (Å²) in [4.78, 5) is 30.5. The van der Waals surface area contributed by atoms with E-state index in [9.17, 15) is 9.59 Å². The van der Waals surface area contributed by atoms with E-state index in [0.717, 1.165) is 11.9 Å². The molecule has 0 aliphatic carbocycles. The Morgan fingerprint density at radius 2 is 1.77 bits per heavy atom. The van der Waals surface area contributed by atoms with Gasteiger partial charge in [0.15, 0.2) is 0 Å². The first-order valence-electron chi connectivity index (χ1n) is 11.2. The molecule has 1 aliphatic heterocycles. The van der Waals surface area contributed by atoms with Crippen LogP contribution in [0.15, 0.2) is 60.8 Å². The average Bonchev–Trinajstić information content (AvgIpc) is 3.24. The zero-order chi connectivity index (χ0) is 21.6. The number of aromatic amines is 1. The number of esters is 1. The van der Waals surface area contributed by atoms with Crippen LogP contribution in [0.1, 0.15) is 43.2 Å². The molecule has 31 heavy (non-hydrogen) atoms. The molecule has 5 heteroatoms. The van der Waals surface area contributed by atoms with Crippen LogP contribution in [0.2, 0.25) is 0 Å².